The van der Waals surface area contributed by atoms with Crippen molar-refractivity contribution >= 4 is 11.6 Å². The van der Waals surface area contributed by atoms with Gasteiger partial charge in [-0.15, -0.1) is 0 Å². The highest BCUT2D eigenvalue weighted by Gasteiger charge is 2.37. The van der Waals surface area contributed by atoms with Gasteiger partial charge in [0, 0.05) is 24.8 Å². The SMILES string of the molecule is NCc1ccc(N(C2CC2)C2CCCCNC2=O)cc1. The van der Waals surface area contributed by atoms with Crippen molar-refractivity contribution in [3.05, 3.63) is 29.8 Å². The number of nitrogens with one attached hydrogen (secondary N) is 1. The lowest BCUT2D eigenvalue weighted by Crippen LogP contribution is -2.47. The van der Waals surface area contributed by atoms with Crippen molar-refractivity contribution in [2.45, 2.75) is 50.7 Å². The van der Waals surface area contributed by atoms with Crippen molar-refractivity contribution in [1.29, 1.82) is 0 Å². The van der Waals surface area contributed by atoms with Crippen LogP contribution < -0.4 is 16.0 Å². The van der Waals surface area contributed by atoms with Crippen molar-refractivity contribution in [1.82, 2.24) is 5.32 Å². The molecule has 1 atom stereocenters. The minimum atomic E-state index is -0.00581. The highest BCUT2D eigenvalue weighted by atomic mass is 16.2. The Bertz CT molecular complexity index is 467. The van der Waals surface area contributed by atoms with Gasteiger partial charge in [-0.2, -0.15) is 0 Å². The van der Waals surface area contributed by atoms with E-state index in [4.69, 9.17) is 5.73 Å². The summed E-state index contributed by atoms with van der Waals surface area (Å²) < 4.78 is 0. The minimum absolute atomic E-state index is 0.00581. The Morgan fingerprint density at radius 2 is 1.90 bits per heavy atom. The lowest BCUT2D eigenvalue weighted by Gasteiger charge is -2.32. The monoisotopic (exact) mass is 273 g/mol. The molecule has 3 rings (SSSR count). The molecule has 1 unspecified atom stereocenters. The maximum Gasteiger partial charge on any atom is 0.242 e. The molecule has 1 aliphatic carbocycles. The zero-order valence-corrected chi connectivity index (χ0v) is 11.8. The van der Waals surface area contributed by atoms with Crippen LogP contribution in [0.15, 0.2) is 24.3 Å². The van der Waals surface area contributed by atoms with E-state index in [2.05, 4.69) is 34.5 Å². The fourth-order valence-corrected chi connectivity index (χ4v) is 2.99. The molecular weight excluding hydrogens is 250 g/mol. The van der Waals surface area contributed by atoms with E-state index in [9.17, 15) is 4.79 Å². The van der Waals surface area contributed by atoms with Crippen LogP contribution in [0.1, 0.15) is 37.7 Å². The van der Waals surface area contributed by atoms with Gasteiger partial charge in [0.1, 0.15) is 6.04 Å². The van der Waals surface area contributed by atoms with Gasteiger partial charge < -0.3 is 16.0 Å². The standard InChI is InChI=1S/C16H23N3O/c17-11-12-4-6-13(7-5-12)19(14-8-9-14)15-3-1-2-10-18-16(15)20/h4-7,14-15H,1-3,8-11,17H2,(H,18,20). The van der Waals surface area contributed by atoms with Gasteiger partial charge in [-0.05, 0) is 49.8 Å². The molecule has 1 amide bonds. The number of rotatable bonds is 4. The maximum absolute atomic E-state index is 12.3. The molecule has 4 nitrogen and oxygen atoms in total. The van der Waals surface area contributed by atoms with Crippen LogP contribution in [0, 0.1) is 0 Å². The van der Waals surface area contributed by atoms with E-state index in [1.54, 1.807) is 0 Å². The average Bonchev–Trinajstić information content (AvgIpc) is 3.31. The molecule has 0 spiro atoms. The molecule has 1 saturated heterocycles. The van der Waals surface area contributed by atoms with Gasteiger partial charge in [-0.3, -0.25) is 4.79 Å². The molecular formula is C16H23N3O. The molecule has 2 aliphatic rings. The van der Waals surface area contributed by atoms with Gasteiger partial charge in [0.2, 0.25) is 5.91 Å². The molecule has 20 heavy (non-hydrogen) atoms. The summed E-state index contributed by atoms with van der Waals surface area (Å²) in [4.78, 5) is 14.6. The minimum Gasteiger partial charge on any atom is -0.357 e. The van der Waals surface area contributed by atoms with Crippen molar-refractivity contribution in [3.8, 4) is 0 Å². The average molecular weight is 273 g/mol. The molecule has 0 radical (unpaired) electrons. The number of carbonyl (C=O) groups excluding carboxylic acids is 1. The van der Waals surface area contributed by atoms with E-state index < -0.39 is 0 Å². The number of benzene rings is 1. The molecule has 1 heterocycles. The third-order valence-electron chi connectivity index (χ3n) is 4.25. The quantitative estimate of drug-likeness (QED) is 0.879. The number of carbonyl (C=O) groups is 1. The van der Waals surface area contributed by atoms with Crippen molar-refractivity contribution in [2.75, 3.05) is 11.4 Å². The summed E-state index contributed by atoms with van der Waals surface area (Å²) in [6.45, 7) is 1.38. The Hall–Kier alpha value is -1.55. The smallest absolute Gasteiger partial charge is 0.242 e. The first-order valence-electron chi connectivity index (χ1n) is 7.64. The zero-order chi connectivity index (χ0) is 13.9. The van der Waals surface area contributed by atoms with Crippen LogP contribution in [0.4, 0.5) is 5.69 Å². The summed E-state index contributed by atoms with van der Waals surface area (Å²) in [6, 6.07) is 8.89. The maximum atomic E-state index is 12.3. The summed E-state index contributed by atoms with van der Waals surface area (Å²) in [5.74, 6) is 0.192. The van der Waals surface area contributed by atoms with Gasteiger partial charge >= 0.3 is 0 Å². The lowest BCUT2D eigenvalue weighted by molar-refractivity contribution is -0.122. The van der Waals surface area contributed by atoms with Crippen LogP contribution in [0.2, 0.25) is 0 Å². The summed E-state index contributed by atoms with van der Waals surface area (Å²) in [6.07, 6.45) is 5.56. The Kier molecular flexibility index (Phi) is 3.92. The van der Waals surface area contributed by atoms with Gasteiger partial charge in [0.15, 0.2) is 0 Å². The number of hydrogen-bond donors (Lipinski definition) is 2. The topological polar surface area (TPSA) is 58.4 Å². The first-order chi connectivity index (χ1) is 9.79. The molecule has 108 valence electrons. The van der Waals surface area contributed by atoms with Crippen molar-refractivity contribution in [3.63, 3.8) is 0 Å². The molecule has 0 bridgehead atoms. The van der Waals surface area contributed by atoms with Gasteiger partial charge in [0.25, 0.3) is 0 Å². The summed E-state index contributed by atoms with van der Waals surface area (Å²) in [5.41, 5.74) is 7.95. The molecule has 2 fully saturated rings. The second kappa shape index (κ2) is 5.83. The fourth-order valence-electron chi connectivity index (χ4n) is 2.99. The van der Waals surface area contributed by atoms with Crippen LogP contribution in [0.25, 0.3) is 0 Å². The van der Waals surface area contributed by atoms with E-state index in [1.807, 2.05) is 0 Å². The Labute approximate surface area is 120 Å². The summed E-state index contributed by atoms with van der Waals surface area (Å²) in [7, 11) is 0. The first kappa shape index (κ1) is 13.4. The largest absolute Gasteiger partial charge is 0.357 e. The van der Waals surface area contributed by atoms with Crippen LogP contribution >= 0.6 is 0 Å². The number of amides is 1. The predicted molar refractivity (Wildman–Crippen MR) is 80.5 cm³/mol. The molecule has 0 aromatic heterocycles. The first-order valence-corrected chi connectivity index (χ1v) is 7.64. The van der Waals surface area contributed by atoms with Crippen LogP contribution in [-0.2, 0) is 11.3 Å². The Balaban J connectivity index is 1.85. The number of hydrogen-bond acceptors (Lipinski definition) is 3. The zero-order valence-electron chi connectivity index (χ0n) is 11.8. The Morgan fingerprint density at radius 3 is 2.55 bits per heavy atom. The van der Waals surface area contributed by atoms with Crippen molar-refractivity contribution in [2.24, 2.45) is 5.73 Å². The third kappa shape index (κ3) is 2.80. The number of nitrogens with zero attached hydrogens (tertiary/aromatic N) is 1. The number of anilines is 1. The predicted octanol–water partition coefficient (Wildman–Crippen LogP) is 1.78. The molecule has 1 saturated carbocycles. The van der Waals surface area contributed by atoms with Crippen LogP contribution in [0.5, 0.6) is 0 Å². The summed E-state index contributed by atoms with van der Waals surface area (Å²) >= 11 is 0. The van der Waals surface area contributed by atoms with Gasteiger partial charge in [-0.1, -0.05) is 12.1 Å². The molecule has 1 aromatic rings. The van der Waals surface area contributed by atoms with Gasteiger partial charge in [-0.25, -0.2) is 0 Å². The van der Waals surface area contributed by atoms with E-state index in [1.165, 1.54) is 12.8 Å². The number of nitrogens with two attached hydrogens (primary N) is 1. The molecule has 1 aliphatic heterocycles. The normalized spacial score (nSPS) is 23.1. The van der Waals surface area contributed by atoms with Gasteiger partial charge in [0.05, 0.1) is 0 Å². The molecule has 3 N–H and O–H groups in total. The van der Waals surface area contributed by atoms with E-state index in [0.717, 1.165) is 37.1 Å². The third-order valence-corrected chi connectivity index (χ3v) is 4.25. The fraction of sp³-hybridized carbons (Fsp3) is 0.562. The molecule has 4 heteroatoms. The Morgan fingerprint density at radius 1 is 1.15 bits per heavy atom. The second-order valence-electron chi connectivity index (χ2n) is 5.81. The summed E-state index contributed by atoms with van der Waals surface area (Å²) in [5, 5.41) is 3.05. The highest BCUT2D eigenvalue weighted by molar-refractivity contribution is 5.85. The molecule has 1 aromatic carbocycles. The lowest BCUT2D eigenvalue weighted by atomic mass is 10.1. The van der Waals surface area contributed by atoms with Crippen LogP contribution in [-0.4, -0.2) is 24.5 Å². The van der Waals surface area contributed by atoms with E-state index in [-0.39, 0.29) is 11.9 Å². The second-order valence-corrected chi connectivity index (χ2v) is 5.81. The van der Waals surface area contributed by atoms with Crippen molar-refractivity contribution < 1.29 is 4.79 Å². The highest BCUT2D eigenvalue weighted by Crippen LogP contribution is 2.35. The van der Waals surface area contributed by atoms with E-state index in [0.29, 0.717) is 12.6 Å². The van der Waals surface area contributed by atoms with Crippen LogP contribution in [0.3, 0.4) is 0 Å². The van der Waals surface area contributed by atoms with E-state index >= 15 is 0 Å².